The van der Waals surface area contributed by atoms with Crippen molar-refractivity contribution in [2.75, 3.05) is 13.1 Å². The van der Waals surface area contributed by atoms with E-state index < -0.39 is 17.4 Å². The molecular weight excluding hydrogens is 268 g/mol. The molecule has 1 aliphatic rings. The van der Waals surface area contributed by atoms with Gasteiger partial charge in [-0.3, -0.25) is 9.59 Å². The molecule has 1 aromatic rings. The number of benzene rings is 1. The SMILES string of the molecule is CC[C@@H](N)C(=O)N1CCC(C(=O)O)(c2ccccc2)CC1. The van der Waals surface area contributed by atoms with E-state index in [1.807, 2.05) is 37.3 Å². The van der Waals surface area contributed by atoms with Crippen LogP contribution in [0.25, 0.3) is 0 Å². The highest BCUT2D eigenvalue weighted by Crippen LogP contribution is 2.36. The fourth-order valence-electron chi connectivity index (χ4n) is 2.90. The van der Waals surface area contributed by atoms with Gasteiger partial charge in [0.15, 0.2) is 0 Å². The molecular formula is C16H22N2O3. The highest BCUT2D eigenvalue weighted by molar-refractivity contribution is 5.84. The summed E-state index contributed by atoms with van der Waals surface area (Å²) in [7, 11) is 0. The molecule has 0 aliphatic carbocycles. The van der Waals surface area contributed by atoms with Gasteiger partial charge in [-0.1, -0.05) is 37.3 Å². The van der Waals surface area contributed by atoms with Crippen LogP contribution in [0.2, 0.25) is 0 Å². The average Bonchev–Trinajstić information content (AvgIpc) is 2.54. The first-order valence-electron chi connectivity index (χ1n) is 7.34. The number of carbonyl (C=O) groups excluding carboxylic acids is 1. The summed E-state index contributed by atoms with van der Waals surface area (Å²) >= 11 is 0. The van der Waals surface area contributed by atoms with Crippen molar-refractivity contribution in [3.8, 4) is 0 Å². The normalized spacial score (nSPS) is 19.0. The third-order valence-corrected chi connectivity index (χ3v) is 4.42. The van der Waals surface area contributed by atoms with Crippen molar-refractivity contribution >= 4 is 11.9 Å². The second kappa shape index (κ2) is 6.26. The molecule has 0 unspecified atom stereocenters. The van der Waals surface area contributed by atoms with Crippen LogP contribution in [0.15, 0.2) is 30.3 Å². The predicted molar refractivity (Wildman–Crippen MR) is 79.8 cm³/mol. The number of rotatable bonds is 4. The second-order valence-corrected chi connectivity index (χ2v) is 5.59. The van der Waals surface area contributed by atoms with Gasteiger partial charge in [-0.05, 0) is 24.8 Å². The van der Waals surface area contributed by atoms with Gasteiger partial charge in [0.2, 0.25) is 5.91 Å². The van der Waals surface area contributed by atoms with E-state index in [4.69, 9.17) is 5.73 Å². The number of carboxylic acids is 1. The van der Waals surface area contributed by atoms with Crippen LogP contribution in [-0.2, 0) is 15.0 Å². The van der Waals surface area contributed by atoms with Crippen LogP contribution < -0.4 is 5.73 Å². The summed E-state index contributed by atoms with van der Waals surface area (Å²) in [6.45, 7) is 2.75. The maximum atomic E-state index is 12.1. The molecule has 0 bridgehead atoms. The predicted octanol–water partition coefficient (Wildman–Crippen LogP) is 1.37. The number of carboxylic acid groups (broad SMARTS) is 1. The van der Waals surface area contributed by atoms with E-state index in [9.17, 15) is 14.7 Å². The maximum Gasteiger partial charge on any atom is 0.314 e. The van der Waals surface area contributed by atoms with E-state index >= 15 is 0 Å². The van der Waals surface area contributed by atoms with E-state index in [1.165, 1.54) is 0 Å². The number of aliphatic carboxylic acids is 1. The third-order valence-electron chi connectivity index (χ3n) is 4.42. The van der Waals surface area contributed by atoms with Crippen molar-refractivity contribution in [3.05, 3.63) is 35.9 Å². The van der Waals surface area contributed by atoms with Crippen molar-refractivity contribution in [1.29, 1.82) is 0 Å². The number of amides is 1. The lowest BCUT2D eigenvalue weighted by molar-refractivity contribution is -0.148. The smallest absolute Gasteiger partial charge is 0.314 e. The van der Waals surface area contributed by atoms with Crippen molar-refractivity contribution in [1.82, 2.24) is 4.90 Å². The molecule has 1 saturated heterocycles. The van der Waals surface area contributed by atoms with Crippen LogP contribution in [0.4, 0.5) is 0 Å². The molecule has 1 atom stereocenters. The molecule has 5 nitrogen and oxygen atoms in total. The Hall–Kier alpha value is -1.88. The van der Waals surface area contributed by atoms with Crippen LogP contribution in [0.1, 0.15) is 31.7 Å². The van der Waals surface area contributed by atoms with Gasteiger partial charge in [0.05, 0.1) is 11.5 Å². The molecule has 3 N–H and O–H groups in total. The Labute approximate surface area is 124 Å². The van der Waals surface area contributed by atoms with E-state index in [1.54, 1.807) is 4.90 Å². The molecule has 0 radical (unpaired) electrons. The molecule has 1 fully saturated rings. The van der Waals surface area contributed by atoms with Gasteiger partial charge in [-0.15, -0.1) is 0 Å². The van der Waals surface area contributed by atoms with Crippen molar-refractivity contribution < 1.29 is 14.7 Å². The minimum atomic E-state index is -0.894. The number of nitrogens with two attached hydrogens (primary N) is 1. The van der Waals surface area contributed by atoms with Gasteiger partial charge in [-0.2, -0.15) is 0 Å². The first-order chi connectivity index (χ1) is 10.0. The molecule has 1 amide bonds. The zero-order chi connectivity index (χ0) is 15.5. The number of likely N-dealkylation sites (tertiary alicyclic amines) is 1. The van der Waals surface area contributed by atoms with Crippen LogP contribution in [0.3, 0.4) is 0 Å². The summed E-state index contributed by atoms with van der Waals surface area (Å²) in [6, 6.07) is 8.79. The lowest BCUT2D eigenvalue weighted by Crippen LogP contribution is -2.52. The third kappa shape index (κ3) is 2.93. The quantitative estimate of drug-likeness (QED) is 0.877. The average molecular weight is 290 g/mol. The number of hydrogen-bond donors (Lipinski definition) is 2. The number of hydrogen-bond acceptors (Lipinski definition) is 3. The maximum absolute atomic E-state index is 12.1. The lowest BCUT2D eigenvalue weighted by atomic mass is 9.72. The van der Waals surface area contributed by atoms with Gasteiger partial charge in [0.25, 0.3) is 0 Å². The van der Waals surface area contributed by atoms with Gasteiger partial charge in [0, 0.05) is 13.1 Å². The minimum Gasteiger partial charge on any atom is -0.481 e. The van der Waals surface area contributed by atoms with E-state index in [0.29, 0.717) is 32.4 Å². The van der Waals surface area contributed by atoms with Gasteiger partial charge in [0.1, 0.15) is 0 Å². The monoisotopic (exact) mass is 290 g/mol. The summed E-state index contributed by atoms with van der Waals surface area (Å²) in [4.78, 5) is 25.6. The highest BCUT2D eigenvalue weighted by atomic mass is 16.4. The molecule has 1 aromatic carbocycles. The van der Waals surface area contributed by atoms with Crippen LogP contribution in [-0.4, -0.2) is 41.0 Å². The molecule has 2 rings (SSSR count). The van der Waals surface area contributed by atoms with E-state index in [2.05, 4.69) is 0 Å². The summed E-state index contributed by atoms with van der Waals surface area (Å²) in [6.07, 6.45) is 1.45. The second-order valence-electron chi connectivity index (χ2n) is 5.59. The first-order valence-corrected chi connectivity index (χ1v) is 7.34. The van der Waals surface area contributed by atoms with Gasteiger partial charge < -0.3 is 15.7 Å². The largest absolute Gasteiger partial charge is 0.481 e. The Morgan fingerprint density at radius 3 is 2.33 bits per heavy atom. The number of nitrogens with zero attached hydrogens (tertiary/aromatic N) is 1. The van der Waals surface area contributed by atoms with Crippen LogP contribution >= 0.6 is 0 Å². The standard InChI is InChI=1S/C16H22N2O3/c1-2-13(17)14(19)18-10-8-16(9-11-18,15(20)21)12-6-4-3-5-7-12/h3-7,13H,2,8-11,17H2,1H3,(H,20,21)/t13-/m1/s1. The summed E-state index contributed by atoms with van der Waals surface area (Å²) in [5, 5.41) is 9.69. The first kappa shape index (κ1) is 15.5. The number of carbonyl (C=O) groups is 2. The Morgan fingerprint density at radius 1 is 1.29 bits per heavy atom. The molecule has 0 saturated carbocycles. The minimum absolute atomic E-state index is 0.0791. The molecule has 0 aromatic heterocycles. The van der Waals surface area contributed by atoms with E-state index in [0.717, 1.165) is 5.56 Å². The number of piperidine rings is 1. The summed E-state index contributed by atoms with van der Waals surface area (Å²) in [5.74, 6) is -0.898. The van der Waals surface area contributed by atoms with Gasteiger partial charge >= 0.3 is 5.97 Å². The zero-order valence-corrected chi connectivity index (χ0v) is 12.3. The molecule has 1 aliphatic heterocycles. The molecule has 114 valence electrons. The Kier molecular flexibility index (Phi) is 4.63. The molecule has 0 spiro atoms. The zero-order valence-electron chi connectivity index (χ0n) is 12.3. The molecule has 5 heteroatoms. The Bertz CT molecular complexity index is 508. The Morgan fingerprint density at radius 2 is 1.86 bits per heavy atom. The molecule has 21 heavy (non-hydrogen) atoms. The van der Waals surface area contributed by atoms with Crippen molar-refractivity contribution in [3.63, 3.8) is 0 Å². The highest BCUT2D eigenvalue weighted by Gasteiger charge is 2.44. The van der Waals surface area contributed by atoms with Gasteiger partial charge in [-0.25, -0.2) is 0 Å². The Balaban J connectivity index is 2.16. The van der Waals surface area contributed by atoms with Crippen LogP contribution in [0.5, 0.6) is 0 Å². The lowest BCUT2D eigenvalue weighted by Gasteiger charge is -2.40. The summed E-state index contributed by atoms with van der Waals surface area (Å²) in [5.41, 5.74) is 5.69. The summed E-state index contributed by atoms with van der Waals surface area (Å²) < 4.78 is 0. The fraction of sp³-hybridized carbons (Fsp3) is 0.500. The molecule has 1 heterocycles. The topological polar surface area (TPSA) is 83.6 Å². The van der Waals surface area contributed by atoms with E-state index in [-0.39, 0.29) is 5.91 Å². The fourth-order valence-corrected chi connectivity index (χ4v) is 2.90. The van der Waals surface area contributed by atoms with Crippen LogP contribution in [0, 0.1) is 0 Å². The van der Waals surface area contributed by atoms with Crippen molar-refractivity contribution in [2.24, 2.45) is 5.73 Å². The van der Waals surface area contributed by atoms with Crippen molar-refractivity contribution in [2.45, 2.75) is 37.6 Å².